The van der Waals surface area contributed by atoms with Gasteiger partial charge in [0.1, 0.15) is 11.5 Å². The number of benzene rings is 2. The van der Waals surface area contributed by atoms with E-state index in [1.165, 1.54) is 5.56 Å². The molecule has 0 spiro atoms. The number of carbonyl (C=O) groups is 1. The Labute approximate surface area is 146 Å². The van der Waals surface area contributed by atoms with E-state index >= 15 is 0 Å². The highest BCUT2D eigenvalue weighted by Gasteiger charge is 2.27. The maximum atomic E-state index is 13.1. The summed E-state index contributed by atoms with van der Waals surface area (Å²) < 4.78 is 10.8. The Morgan fingerprint density at radius 3 is 2.58 bits per heavy atom. The van der Waals surface area contributed by atoms with Gasteiger partial charge in [0.25, 0.3) is 5.91 Å². The number of rotatable bonds is 3. The second kappa shape index (κ2) is 6.73. The van der Waals surface area contributed by atoms with Crippen molar-refractivity contribution in [3.63, 3.8) is 0 Å². The lowest BCUT2D eigenvalue weighted by Crippen LogP contribution is -2.36. The van der Waals surface area contributed by atoms with Crippen LogP contribution in [0, 0.1) is 6.92 Å². The molecule has 0 aliphatic carbocycles. The normalized spacial score (nSPS) is 13.4. The summed E-state index contributed by atoms with van der Waals surface area (Å²) in [5.41, 5.74) is 3.58. The van der Waals surface area contributed by atoms with Crippen LogP contribution in [0.1, 0.15) is 27.0 Å². The molecule has 0 N–H and O–H groups in total. The molecule has 2 aromatic carbocycles. The van der Waals surface area contributed by atoms with Crippen LogP contribution < -0.4 is 9.47 Å². The zero-order valence-electron chi connectivity index (χ0n) is 14.1. The second-order valence-corrected chi connectivity index (χ2v) is 6.23. The van der Waals surface area contributed by atoms with Crippen molar-refractivity contribution < 1.29 is 14.3 Å². The summed E-state index contributed by atoms with van der Waals surface area (Å²) in [5.74, 6) is 1.38. The summed E-state index contributed by atoms with van der Waals surface area (Å²) in [6.45, 7) is 3.04. The third-order valence-corrected chi connectivity index (χ3v) is 4.93. The minimum absolute atomic E-state index is 0.0553. The minimum Gasteiger partial charge on any atom is -0.496 e. The summed E-state index contributed by atoms with van der Waals surface area (Å²) in [5, 5.41) is 0.568. The lowest BCUT2D eigenvalue weighted by Gasteiger charge is -2.30. The largest absolute Gasteiger partial charge is 0.496 e. The number of methoxy groups -OCH3 is 2. The maximum absolute atomic E-state index is 13.1. The Balaban J connectivity index is 1.94. The average molecular weight is 346 g/mol. The van der Waals surface area contributed by atoms with E-state index in [-0.39, 0.29) is 5.91 Å². The number of fused-ring (bicyclic) bond motifs is 1. The summed E-state index contributed by atoms with van der Waals surface area (Å²) in [6.07, 6.45) is 0.771. The molecule has 0 radical (unpaired) electrons. The van der Waals surface area contributed by atoms with E-state index < -0.39 is 0 Å². The van der Waals surface area contributed by atoms with Gasteiger partial charge in [0, 0.05) is 23.7 Å². The molecule has 1 amide bonds. The van der Waals surface area contributed by atoms with E-state index in [0.717, 1.165) is 23.3 Å². The molecule has 0 atom stereocenters. The first kappa shape index (κ1) is 16.7. The third kappa shape index (κ3) is 2.82. The van der Waals surface area contributed by atoms with Gasteiger partial charge in [0.2, 0.25) is 0 Å². The number of carbonyl (C=O) groups excluding carboxylic acids is 1. The van der Waals surface area contributed by atoms with Crippen LogP contribution in [0.15, 0.2) is 30.3 Å². The number of ether oxygens (including phenoxy) is 2. The lowest BCUT2D eigenvalue weighted by atomic mass is 9.97. The van der Waals surface area contributed by atoms with Gasteiger partial charge in [-0.05, 0) is 42.7 Å². The van der Waals surface area contributed by atoms with E-state index in [9.17, 15) is 4.79 Å². The minimum atomic E-state index is -0.0553. The Bertz CT molecular complexity index is 788. The first-order chi connectivity index (χ1) is 11.6. The van der Waals surface area contributed by atoms with Crippen molar-refractivity contribution in [3.05, 3.63) is 57.6 Å². The number of hydrogen-bond donors (Lipinski definition) is 0. The van der Waals surface area contributed by atoms with Crippen molar-refractivity contribution in [2.24, 2.45) is 0 Å². The molecule has 0 fully saturated rings. The van der Waals surface area contributed by atoms with E-state index in [1.54, 1.807) is 26.4 Å². The number of hydrogen-bond acceptors (Lipinski definition) is 3. The highest BCUT2D eigenvalue weighted by molar-refractivity contribution is 6.32. The van der Waals surface area contributed by atoms with Gasteiger partial charge in [0.05, 0.1) is 19.8 Å². The van der Waals surface area contributed by atoms with Crippen LogP contribution in [-0.4, -0.2) is 31.6 Å². The SMILES string of the molecule is COc1cccc2c1CCN(C(=O)c1c(OC)ccc(Cl)c1C)C2. The Kier molecular flexibility index (Phi) is 4.67. The van der Waals surface area contributed by atoms with Crippen LogP contribution in [0.25, 0.3) is 0 Å². The Morgan fingerprint density at radius 2 is 1.88 bits per heavy atom. The molecule has 2 aromatic rings. The fourth-order valence-electron chi connectivity index (χ4n) is 3.19. The van der Waals surface area contributed by atoms with Gasteiger partial charge in [-0.25, -0.2) is 0 Å². The molecule has 126 valence electrons. The molecule has 1 aliphatic heterocycles. The summed E-state index contributed by atoms with van der Waals surface area (Å²) >= 11 is 6.20. The number of nitrogens with zero attached hydrogens (tertiary/aromatic N) is 1. The Morgan fingerprint density at radius 1 is 1.12 bits per heavy atom. The van der Waals surface area contributed by atoms with Crippen LogP contribution in [0.5, 0.6) is 11.5 Å². The first-order valence-corrected chi connectivity index (χ1v) is 8.21. The molecule has 4 nitrogen and oxygen atoms in total. The lowest BCUT2D eigenvalue weighted by molar-refractivity contribution is 0.0729. The smallest absolute Gasteiger partial charge is 0.258 e. The number of halogens is 1. The summed E-state index contributed by atoms with van der Waals surface area (Å²) in [4.78, 5) is 14.9. The van der Waals surface area contributed by atoms with Crippen molar-refractivity contribution in [1.29, 1.82) is 0 Å². The van der Waals surface area contributed by atoms with Crippen molar-refractivity contribution in [3.8, 4) is 11.5 Å². The van der Waals surface area contributed by atoms with Crippen LogP contribution in [0.3, 0.4) is 0 Å². The third-order valence-electron chi connectivity index (χ3n) is 4.52. The number of amides is 1. The molecule has 5 heteroatoms. The molecule has 0 aromatic heterocycles. The summed E-state index contributed by atoms with van der Waals surface area (Å²) in [6, 6.07) is 9.45. The van der Waals surface area contributed by atoms with E-state index in [4.69, 9.17) is 21.1 Å². The van der Waals surface area contributed by atoms with Crippen LogP contribution >= 0.6 is 11.6 Å². The standard InChI is InChI=1S/C19H20ClNO3/c1-12-15(20)7-8-17(24-3)18(12)19(22)21-10-9-14-13(11-21)5-4-6-16(14)23-2/h4-8H,9-11H2,1-3H3. The Hall–Kier alpha value is -2.20. The molecule has 0 bridgehead atoms. The predicted molar refractivity (Wildman–Crippen MR) is 94.2 cm³/mol. The van der Waals surface area contributed by atoms with Gasteiger partial charge < -0.3 is 14.4 Å². The monoisotopic (exact) mass is 345 g/mol. The van der Waals surface area contributed by atoms with Gasteiger partial charge in [0.15, 0.2) is 0 Å². The topological polar surface area (TPSA) is 38.8 Å². The first-order valence-electron chi connectivity index (χ1n) is 7.84. The van der Waals surface area contributed by atoms with Crippen molar-refractivity contribution in [1.82, 2.24) is 4.90 Å². The van der Waals surface area contributed by atoms with E-state index in [1.807, 2.05) is 30.0 Å². The highest BCUT2D eigenvalue weighted by atomic mass is 35.5. The van der Waals surface area contributed by atoms with E-state index in [0.29, 0.717) is 29.4 Å². The molecule has 3 rings (SSSR count). The molecule has 1 heterocycles. The fourth-order valence-corrected chi connectivity index (χ4v) is 3.35. The van der Waals surface area contributed by atoms with Crippen molar-refractivity contribution in [2.45, 2.75) is 19.9 Å². The molecule has 0 unspecified atom stereocenters. The van der Waals surface area contributed by atoms with Crippen molar-refractivity contribution in [2.75, 3.05) is 20.8 Å². The van der Waals surface area contributed by atoms with Gasteiger partial charge >= 0.3 is 0 Å². The molecular weight excluding hydrogens is 326 g/mol. The van der Waals surface area contributed by atoms with Crippen LogP contribution in [-0.2, 0) is 13.0 Å². The second-order valence-electron chi connectivity index (χ2n) is 5.82. The molecule has 1 aliphatic rings. The van der Waals surface area contributed by atoms with Gasteiger partial charge in [-0.2, -0.15) is 0 Å². The zero-order chi connectivity index (χ0) is 17.3. The molecule has 0 saturated heterocycles. The van der Waals surface area contributed by atoms with Crippen molar-refractivity contribution >= 4 is 17.5 Å². The van der Waals surface area contributed by atoms with Gasteiger partial charge in [-0.3, -0.25) is 4.79 Å². The quantitative estimate of drug-likeness (QED) is 0.847. The molecule has 24 heavy (non-hydrogen) atoms. The van der Waals surface area contributed by atoms with Crippen LogP contribution in [0.2, 0.25) is 5.02 Å². The van der Waals surface area contributed by atoms with Crippen LogP contribution in [0.4, 0.5) is 0 Å². The highest BCUT2D eigenvalue weighted by Crippen LogP contribution is 2.32. The average Bonchev–Trinajstić information content (AvgIpc) is 2.62. The summed E-state index contributed by atoms with van der Waals surface area (Å²) in [7, 11) is 3.24. The molecular formula is C19H20ClNO3. The predicted octanol–water partition coefficient (Wildman–Crippen LogP) is 3.86. The van der Waals surface area contributed by atoms with Gasteiger partial charge in [-0.1, -0.05) is 23.7 Å². The molecule has 0 saturated carbocycles. The fraction of sp³-hybridized carbons (Fsp3) is 0.316. The zero-order valence-corrected chi connectivity index (χ0v) is 14.8. The van der Waals surface area contributed by atoms with E-state index in [2.05, 4.69) is 0 Å². The van der Waals surface area contributed by atoms with Gasteiger partial charge in [-0.15, -0.1) is 0 Å². The maximum Gasteiger partial charge on any atom is 0.258 e.